The van der Waals surface area contributed by atoms with Gasteiger partial charge in [0.2, 0.25) is 0 Å². The van der Waals surface area contributed by atoms with Crippen molar-refractivity contribution < 1.29 is 36.3 Å². The van der Waals surface area contributed by atoms with E-state index in [1.165, 1.54) is 36.7 Å². The molecule has 2 N–H and O–H groups in total. The van der Waals surface area contributed by atoms with E-state index >= 15 is 0 Å². The van der Waals surface area contributed by atoms with Crippen LogP contribution in [0.3, 0.4) is 0 Å². The number of piperidine rings is 1. The highest BCUT2D eigenvalue weighted by atomic mass is 32.2. The maximum absolute atomic E-state index is 13.8. The van der Waals surface area contributed by atoms with Crippen LogP contribution in [0.1, 0.15) is 24.0 Å². The van der Waals surface area contributed by atoms with Gasteiger partial charge < -0.3 is 10.1 Å². The monoisotopic (exact) mass is 535 g/mol. The second kappa shape index (κ2) is 10.5. The fourth-order valence-corrected chi connectivity index (χ4v) is 6.18. The van der Waals surface area contributed by atoms with E-state index in [9.17, 15) is 31.6 Å². The molecule has 1 fully saturated rings. The summed E-state index contributed by atoms with van der Waals surface area (Å²) in [5.74, 6) is -0.581. The first-order valence-corrected chi connectivity index (χ1v) is 12.8. The van der Waals surface area contributed by atoms with Gasteiger partial charge in [0.15, 0.2) is 14.6 Å². The molecular weight excluding hydrogens is 511 g/mol. The lowest BCUT2D eigenvalue weighted by Crippen LogP contribution is -2.57. The van der Waals surface area contributed by atoms with Gasteiger partial charge in [-0.05, 0) is 92.2 Å². The zero-order valence-electron chi connectivity index (χ0n) is 19.5. The van der Waals surface area contributed by atoms with Crippen LogP contribution in [0.5, 0.6) is 11.5 Å². The van der Waals surface area contributed by atoms with Crippen LogP contribution in [-0.2, 0) is 27.4 Å². The van der Waals surface area contributed by atoms with Crippen molar-refractivity contribution in [1.82, 2.24) is 15.4 Å². The number of alkyl halides is 3. The Bertz CT molecular complexity index is 1330. The maximum Gasteiger partial charge on any atom is 0.416 e. The lowest BCUT2D eigenvalue weighted by molar-refractivity contribution is -0.172. The molecule has 0 unspecified atom stereocenters. The van der Waals surface area contributed by atoms with E-state index in [2.05, 4.69) is 10.3 Å². The predicted molar refractivity (Wildman–Crippen MR) is 127 cm³/mol. The number of amides is 1. The number of aromatic nitrogens is 1. The number of nitrogens with zero attached hydrogens (tertiary/aromatic N) is 2. The molecule has 37 heavy (non-hydrogen) atoms. The molecule has 3 aromatic rings. The maximum atomic E-state index is 13.8. The van der Waals surface area contributed by atoms with E-state index in [1.54, 1.807) is 12.1 Å². The standard InChI is InChI=1S/C25H24F3N3O5S/c26-25(27,28)19-1-3-20(4-2-19)36-21-5-7-22(8-6-21)37(34,35)24(11-15-30-16-12-24)23(32)31(33)17-18-9-13-29-14-10-18/h1-10,13-14,30,33H,11-12,15-17H2. The summed E-state index contributed by atoms with van der Waals surface area (Å²) in [7, 11) is -4.26. The number of pyridine rings is 1. The van der Waals surface area contributed by atoms with Crippen molar-refractivity contribution in [1.29, 1.82) is 0 Å². The molecule has 1 aliphatic heterocycles. The van der Waals surface area contributed by atoms with E-state index < -0.39 is 32.2 Å². The van der Waals surface area contributed by atoms with Crippen LogP contribution in [-0.4, -0.2) is 47.4 Å². The van der Waals surface area contributed by atoms with Gasteiger partial charge in [-0.15, -0.1) is 0 Å². The highest BCUT2D eigenvalue weighted by Crippen LogP contribution is 2.37. The quantitative estimate of drug-likeness (QED) is 0.345. The zero-order chi connectivity index (χ0) is 26.7. The molecule has 196 valence electrons. The number of ether oxygens (including phenoxy) is 1. The fourth-order valence-electron chi connectivity index (χ4n) is 4.16. The minimum atomic E-state index is -4.47. The summed E-state index contributed by atoms with van der Waals surface area (Å²) in [4.78, 5) is 17.1. The zero-order valence-corrected chi connectivity index (χ0v) is 20.3. The number of benzene rings is 2. The van der Waals surface area contributed by atoms with Gasteiger partial charge >= 0.3 is 6.18 Å². The molecule has 2 heterocycles. The molecule has 4 rings (SSSR count). The van der Waals surface area contributed by atoms with Crippen LogP contribution in [0.4, 0.5) is 13.2 Å². The van der Waals surface area contributed by atoms with Crippen LogP contribution in [0.2, 0.25) is 0 Å². The van der Waals surface area contributed by atoms with Crippen LogP contribution in [0, 0.1) is 0 Å². The number of halogens is 3. The Balaban J connectivity index is 1.56. The highest BCUT2D eigenvalue weighted by Gasteiger charge is 2.53. The Morgan fingerprint density at radius 3 is 2.05 bits per heavy atom. The molecule has 1 aliphatic rings. The minimum absolute atomic E-state index is 0.0363. The van der Waals surface area contributed by atoms with Gasteiger partial charge in [-0.25, -0.2) is 13.5 Å². The molecule has 0 bridgehead atoms. The van der Waals surface area contributed by atoms with Crippen LogP contribution < -0.4 is 10.1 Å². The first-order chi connectivity index (χ1) is 17.5. The summed E-state index contributed by atoms with van der Waals surface area (Å²) in [6.45, 7) is 0.332. The molecule has 1 aromatic heterocycles. The van der Waals surface area contributed by atoms with Crippen molar-refractivity contribution in [3.63, 3.8) is 0 Å². The molecule has 2 aromatic carbocycles. The summed E-state index contributed by atoms with van der Waals surface area (Å²) in [5.41, 5.74) is -0.239. The van der Waals surface area contributed by atoms with Crippen LogP contribution in [0.15, 0.2) is 78.0 Å². The highest BCUT2D eigenvalue weighted by molar-refractivity contribution is 7.93. The van der Waals surface area contributed by atoms with E-state index in [-0.39, 0.29) is 48.9 Å². The third kappa shape index (κ3) is 5.60. The van der Waals surface area contributed by atoms with Crippen LogP contribution >= 0.6 is 0 Å². The second-order valence-electron chi connectivity index (χ2n) is 8.56. The van der Waals surface area contributed by atoms with E-state index in [1.807, 2.05) is 0 Å². The van der Waals surface area contributed by atoms with E-state index in [0.717, 1.165) is 24.3 Å². The lowest BCUT2D eigenvalue weighted by atomic mass is 9.95. The summed E-state index contributed by atoms with van der Waals surface area (Å²) in [6.07, 6.45) is -1.55. The van der Waals surface area contributed by atoms with Gasteiger partial charge in [-0.1, -0.05) is 0 Å². The molecule has 0 atom stereocenters. The van der Waals surface area contributed by atoms with Crippen molar-refractivity contribution in [2.75, 3.05) is 13.1 Å². The number of rotatable bonds is 7. The van der Waals surface area contributed by atoms with Crippen molar-refractivity contribution in [2.45, 2.75) is 35.2 Å². The van der Waals surface area contributed by atoms with Crippen molar-refractivity contribution in [3.8, 4) is 11.5 Å². The Morgan fingerprint density at radius 2 is 1.51 bits per heavy atom. The topological polar surface area (TPSA) is 109 Å². The number of carbonyl (C=O) groups excluding carboxylic acids is 1. The smallest absolute Gasteiger partial charge is 0.416 e. The predicted octanol–water partition coefficient (Wildman–Crippen LogP) is 4.21. The summed E-state index contributed by atoms with van der Waals surface area (Å²) < 4.78 is 69.5. The Labute approximate surface area is 211 Å². The summed E-state index contributed by atoms with van der Waals surface area (Å²) in [5, 5.41) is 14.0. The Kier molecular flexibility index (Phi) is 7.53. The molecular formula is C25H24F3N3O5S. The minimum Gasteiger partial charge on any atom is -0.457 e. The SMILES string of the molecule is O=C(N(O)Cc1ccncc1)C1(S(=O)(=O)c2ccc(Oc3ccc(C(F)(F)F)cc3)cc2)CCNCC1. The van der Waals surface area contributed by atoms with Gasteiger partial charge in [0, 0.05) is 12.4 Å². The lowest BCUT2D eigenvalue weighted by Gasteiger charge is -2.37. The first-order valence-electron chi connectivity index (χ1n) is 11.3. The molecule has 0 radical (unpaired) electrons. The molecule has 1 saturated heterocycles. The number of hydroxylamine groups is 2. The first kappa shape index (κ1) is 26.6. The number of hydrogen-bond acceptors (Lipinski definition) is 7. The van der Waals surface area contributed by atoms with Gasteiger partial charge in [-0.3, -0.25) is 15.0 Å². The average molecular weight is 536 g/mol. The van der Waals surface area contributed by atoms with Gasteiger partial charge in [-0.2, -0.15) is 13.2 Å². The van der Waals surface area contributed by atoms with E-state index in [4.69, 9.17) is 4.74 Å². The summed E-state index contributed by atoms with van der Waals surface area (Å²) >= 11 is 0. The van der Waals surface area contributed by atoms with Crippen molar-refractivity contribution >= 4 is 15.7 Å². The van der Waals surface area contributed by atoms with Gasteiger partial charge in [0.1, 0.15) is 11.5 Å². The molecule has 1 amide bonds. The molecule has 0 saturated carbocycles. The average Bonchev–Trinajstić information content (AvgIpc) is 2.89. The molecule has 8 nitrogen and oxygen atoms in total. The molecule has 0 spiro atoms. The van der Waals surface area contributed by atoms with Crippen LogP contribution in [0.25, 0.3) is 0 Å². The van der Waals surface area contributed by atoms with Gasteiger partial charge in [0.05, 0.1) is 17.0 Å². The Hall–Kier alpha value is -3.48. The number of carbonyl (C=O) groups is 1. The normalized spacial score (nSPS) is 15.7. The number of nitrogens with one attached hydrogen (secondary N) is 1. The second-order valence-corrected chi connectivity index (χ2v) is 10.8. The van der Waals surface area contributed by atoms with Crippen molar-refractivity contribution in [3.05, 3.63) is 84.2 Å². The molecule has 12 heteroatoms. The third-order valence-corrected chi connectivity index (χ3v) is 8.69. The Morgan fingerprint density at radius 1 is 0.973 bits per heavy atom. The molecule has 0 aliphatic carbocycles. The van der Waals surface area contributed by atoms with E-state index in [0.29, 0.717) is 10.6 Å². The van der Waals surface area contributed by atoms with Crippen molar-refractivity contribution in [2.24, 2.45) is 0 Å². The third-order valence-electron chi connectivity index (χ3n) is 6.18. The largest absolute Gasteiger partial charge is 0.457 e. The fraction of sp³-hybridized carbons (Fsp3) is 0.280. The van der Waals surface area contributed by atoms with Gasteiger partial charge in [0.25, 0.3) is 5.91 Å². The number of sulfone groups is 1. The summed E-state index contributed by atoms with van der Waals surface area (Å²) in [6, 6.07) is 12.6. The number of hydrogen-bond donors (Lipinski definition) is 2.